The molecule has 0 spiro atoms. The van der Waals surface area contributed by atoms with Gasteiger partial charge in [0.15, 0.2) is 0 Å². The number of thiophene rings is 1. The van der Waals surface area contributed by atoms with Gasteiger partial charge >= 0.3 is 0 Å². The third kappa shape index (κ3) is 3.36. The molecule has 0 amide bonds. The number of thiazole rings is 1. The molecule has 0 bridgehead atoms. The van der Waals surface area contributed by atoms with Gasteiger partial charge in [0.1, 0.15) is 5.76 Å². The molecule has 0 radical (unpaired) electrons. The maximum atomic E-state index is 5.28. The molecule has 3 aromatic rings. The Hall–Kier alpha value is -1.43. The number of hydrogen-bond acceptors (Lipinski definition) is 5. The van der Waals surface area contributed by atoms with Gasteiger partial charge in [-0.2, -0.15) is 0 Å². The van der Waals surface area contributed by atoms with Crippen LogP contribution in [0.4, 0.5) is 0 Å². The van der Waals surface area contributed by atoms with Gasteiger partial charge < -0.3 is 9.73 Å². The Balaban J connectivity index is 1.50. The van der Waals surface area contributed by atoms with E-state index in [4.69, 9.17) is 4.42 Å². The fourth-order valence-electron chi connectivity index (χ4n) is 1.96. The second-order valence-electron chi connectivity index (χ2n) is 4.52. The summed E-state index contributed by atoms with van der Waals surface area (Å²) in [7, 11) is 0. The second kappa shape index (κ2) is 6.35. The lowest BCUT2D eigenvalue weighted by atomic mass is 10.3. The molecule has 3 aromatic heterocycles. The van der Waals surface area contributed by atoms with Crippen molar-refractivity contribution in [3.05, 3.63) is 51.6 Å². The van der Waals surface area contributed by atoms with Crippen molar-refractivity contribution >= 4 is 22.7 Å². The second-order valence-corrected chi connectivity index (χ2v) is 6.75. The Bertz CT molecular complexity index is 655. The number of furan rings is 1. The van der Waals surface area contributed by atoms with Gasteiger partial charge in [0, 0.05) is 16.8 Å². The lowest BCUT2D eigenvalue weighted by Crippen LogP contribution is -2.15. The van der Waals surface area contributed by atoms with Crippen LogP contribution in [-0.2, 0) is 13.0 Å². The number of nitrogens with one attached hydrogen (secondary N) is 1. The summed E-state index contributed by atoms with van der Waals surface area (Å²) in [6, 6.07) is 8.27. The number of hydrogen-bond donors (Lipinski definition) is 1. The van der Waals surface area contributed by atoms with E-state index in [1.807, 2.05) is 30.4 Å². The van der Waals surface area contributed by atoms with Crippen LogP contribution in [0, 0.1) is 6.92 Å². The zero-order chi connectivity index (χ0) is 13.8. The van der Waals surface area contributed by atoms with E-state index in [1.54, 1.807) is 17.6 Å². The lowest BCUT2D eigenvalue weighted by molar-refractivity contribution is 0.484. The molecule has 104 valence electrons. The van der Waals surface area contributed by atoms with E-state index < -0.39 is 0 Å². The van der Waals surface area contributed by atoms with Crippen LogP contribution in [0.25, 0.3) is 10.6 Å². The van der Waals surface area contributed by atoms with Crippen LogP contribution in [0.15, 0.2) is 40.3 Å². The van der Waals surface area contributed by atoms with Crippen molar-refractivity contribution in [1.82, 2.24) is 10.3 Å². The van der Waals surface area contributed by atoms with Crippen LogP contribution >= 0.6 is 22.7 Å². The standard InChI is InChI=1S/C15H16N2OS2/c1-11-17-14(10-19-11)15-5-4-13(20-15)6-7-16-9-12-3-2-8-18-12/h2-5,8,10,16H,6-7,9H2,1H3. The molecule has 3 nitrogen and oxygen atoms in total. The maximum absolute atomic E-state index is 5.28. The Morgan fingerprint density at radius 1 is 1.30 bits per heavy atom. The van der Waals surface area contributed by atoms with Gasteiger partial charge in [-0.15, -0.1) is 22.7 Å². The van der Waals surface area contributed by atoms with E-state index in [9.17, 15) is 0 Å². The molecule has 0 aliphatic heterocycles. The summed E-state index contributed by atoms with van der Waals surface area (Å²) in [4.78, 5) is 7.17. The van der Waals surface area contributed by atoms with E-state index in [1.165, 1.54) is 9.75 Å². The summed E-state index contributed by atoms with van der Waals surface area (Å²) >= 11 is 3.53. The summed E-state index contributed by atoms with van der Waals surface area (Å²) in [5, 5.41) is 6.63. The number of aryl methyl sites for hydroxylation is 1. The average molecular weight is 304 g/mol. The van der Waals surface area contributed by atoms with Crippen LogP contribution in [-0.4, -0.2) is 11.5 Å². The zero-order valence-electron chi connectivity index (χ0n) is 11.3. The molecule has 0 unspecified atom stereocenters. The smallest absolute Gasteiger partial charge is 0.117 e. The van der Waals surface area contributed by atoms with Crippen LogP contribution in [0.2, 0.25) is 0 Å². The summed E-state index contributed by atoms with van der Waals surface area (Å²) in [5.74, 6) is 0.981. The Morgan fingerprint density at radius 3 is 3.00 bits per heavy atom. The van der Waals surface area contributed by atoms with Crippen molar-refractivity contribution in [3.8, 4) is 10.6 Å². The molecular weight excluding hydrogens is 288 g/mol. The predicted molar refractivity (Wildman–Crippen MR) is 84.3 cm³/mol. The molecule has 0 fully saturated rings. The topological polar surface area (TPSA) is 38.1 Å². The minimum atomic E-state index is 0.788. The maximum Gasteiger partial charge on any atom is 0.117 e. The Labute approximate surface area is 126 Å². The van der Waals surface area contributed by atoms with E-state index >= 15 is 0 Å². The predicted octanol–water partition coefficient (Wildman–Crippen LogP) is 4.11. The van der Waals surface area contributed by atoms with Gasteiger partial charge in [-0.25, -0.2) is 4.98 Å². The quantitative estimate of drug-likeness (QED) is 0.697. The normalized spacial score (nSPS) is 11.1. The van der Waals surface area contributed by atoms with Gasteiger partial charge in [0.05, 0.1) is 28.4 Å². The lowest BCUT2D eigenvalue weighted by Gasteiger charge is -2.00. The van der Waals surface area contributed by atoms with E-state index in [-0.39, 0.29) is 0 Å². The van der Waals surface area contributed by atoms with Crippen molar-refractivity contribution in [1.29, 1.82) is 0 Å². The molecule has 0 aromatic carbocycles. The minimum Gasteiger partial charge on any atom is -0.468 e. The van der Waals surface area contributed by atoms with Crippen LogP contribution in [0.3, 0.4) is 0 Å². The highest BCUT2D eigenvalue weighted by atomic mass is 32.1. The summed E-state index contributed by atoms with van der Waals surface area (Å²) < 4.78 is 5.28. The fraction of sp³-hybridized carbons (Fsp3) is 0.267. The molecule has 0 saturated heterocycles. The van der Waals surface area contributed by atoms with Crippen molar-refractivity contribution in [2.45, 2.75) is 19.9 Å². The van der Waals surface area contributed by atoms with Gasteiger partial charge in [-0.1, -0.05) is 0 Å². The summed E-state index contributed by atoms with van der Waals surface area (Å²) in [6.45, 7) is 3.79. The van der Waals surface area contributed by atoms with E-state index in [0.717, 1.165) is 36.0 Å². The molecule has 20 heavy (non-hydrogen) atoms. The Morgan fingerprint density at radius 2 is 2.25 bits per heavy atom. The molecule has 0 aliphatic rings. The highest BCUT2D eigenvalue weighted by Crippen LogP contribution is 2.29. The van der Waals surface area contributed by atoms with Crippen molar-refractivity contribution in [2.24, 2.45) is 0 Å². The van der Waals surface area contributed by atoms with Gasteiger partial charge in [-0.3, -0.25) is 0 Å². The first-order valence-corrected chi connectivity index (χ1v) is 8.25. The largest absolute Gasteiger partial charge is 0.468 e. The number of nitrogens with zero attached hydrogens (tertiary/aromatic N) is 1. The number of rotatable bonds is 6. The van der Waals surface area contributed by atoms with Crippen molar-refractivity contribution in [2.75, 3.05) is 6.54 Å². The molecule has 0 atom stereocenters. The van der Waals surface area contributed by atoms with Crippen LogP contribution < -0.4 is 5.32 Å². The molecule has 0 aliphatic carbocycles. The highest BCUT2D eigenvalue weighted by Gasteiger charge is 2.06. The molecule has 3 rings (SSSR count). The molecule has 1 N–H and O–H groups in total. The van der Waals surface area contributed by atoms with Crippen LogP contribution in [0.1, 0.15) is 15.6 Å². The summed E-state index contributed by atoms with van der Waals surface area (Å²) in [6.07, 6.45) is 2.74. The minimum absolute atomic E-state index is 0.788. The summed E-state index contributed by atoms with van der Waals surface area (Å²) in [5.41, 5.74) is 1.10. The van der Waals surface area contributed by atoms with Crippen molar-refractivity contribution in [3.63, 3.8) is 0 Å². The first-order chi connectivity index (χ1) is 9.81. The van der Waals surface area contributed by atoms with Gasteiger partial charge in [-0.05, 0) is 37.6 Å². The first-order valence-electron chi connectivity index (χ1n) is 6.55. The SMILES string of the molecule is Cc1nc(-c2ccc(CCNCc3ccco3)s2)cs1. The third-order valence-corrected chi connectivity index (χ3v) is 4.90. The average Bonchev–Trinajstić information content (AvgIpc) is 3.16. The molecule has 3 heterocycles. The molecule has 0 saturated carbocycles. The number of aromatic nitrogens is 1. The highest BCUT2D eigenvalue weighted by molar-refractivity contribution is 7.16. The first kappa shape index (κ1) is 13.5. The molecular formula is C15H16N2OS2. The van der Waals surface area contributed by atoms with E-state index in [0.29, 0.717) is 0 Å². The Kier molecular flexibility index (Phi) is 4.30. The zero-order valence-corrected chi connectivity index (χ0v) is 12.9. The van der Waals surface area contributed by atoms with Gasteiger partial charge in [0.2, 0.25) is 0 Å². The van der Waals surface area contributed by atoms with Gasteiger partial charge in [0.25, 0.3) is 0 Å². The fourth-order valence-corrected chi connectivity index (χ4v) is 3.62. The van der Waals surface area contributed by atoms with Crippen molar-refractivity contribution < 1.29 is 4.42 Å². The third-order valence-electron chi connectivity index (χ3n) is 2.96. The van der Waals surface area contributed by atoms with E-state index in [2.05, 4.69) is 27.8 Å². The monoisotopic (exact) mass is 304 g/mol. The van der Waals surface area contributed by atoms with Crippen LogP contribution in [0.5, 0.6) is 0 Å². The molecule has 5 heteroatoms.